The number of hydrogen-bond donors (Lipinski definition) is 1. The summed E-state index contributed by atoms with van der Waals surface area (Å²) in [7, 11) is 0. The smallest absolute Gasteiger partial charge is 0.000824 e. The summed E-state index contributed by atoms with van der Waals surface area (Å²) in [6, 6.07) is 8.83. The molecule has 0 spiro atoms. The minimum absolute atomic E-state index is 0.551. The van der Waals surface area contributed by atoms with Gasteiger partial charge in [-0.1, -0.05) is 81.7 Å². The van der Waals surface area contributed by atoms with Gasteiger partial charge in [0.15, 0.2) is 0 Å². The molecule has 0 fully saturated rings. The summed E-state index contributed by atoms with van der Waals surface area (Å²) >= 11 is 0. The molecule has 0 aliphatic heterocycles. The van der Waals surface area contributed by atoms with Crippen molar-refractivity contribution in [3.8, 4) is 0 Å². The van der Waals surface area contributed by atoms with E-state index in [4.69, 9.17) is 5.73 Å². The Kier molecular flexibility index (Phi) is 8.57. The first-order chi connectivity index (χ1) is 9.27. The van der Waals surface area contributed by atoms with Crippen molar-refractivity contribution in [2.75, 3.05) is 6.54 Å². The average molecular weight is 261 g/mol. The maximum absolute atomic E-state index is 5.94. The molecular weight excluding hydrogens is 230 g/mol. The predicted molar refractivity (Wildman–Crippen MR) is 85.6 cm³/mol. The first-order valence-corrected chi connectivity index (χ1v) is 8.04. The van der Waals surface area contributed by atoms with Crippen LogP contribution in [0.15, 0.2) is 24.3 Å². The van der Waals surface area contributed by atoms with Crippen molar-refractivity contribution in [1.82, 2.24) is 0 Å². The van der Waals surface area contributed by atoms with E-state index in [0.717, 1.165) is 6.54 Å². The van der Waals surface area contributed by atoms with Crippen LogP contribution >= 0.6 is 0 Å². The molecule has 0 saturated heterocycles. The van der Waals surface area contributed by atoms with E-state index in [1.54, 1.807) is 0 Å². The molecule has 0 aliphatic carbocycles. The second kappa shape index (κ2) is 10.0. The van der Waals surface area contributed by atoms with Crippen LogP contribution in [0.4, 0.5) is 0 Å². The van der Waals surface area contributed by atoms with Gasteiger partial charge >= 0.3 is 0 Å². The molecule has 0 radical (unpaired) electrons. The third-order valence-electron chi connectivity index (χ3n) is 3.95. The van der Waals surface area contributed by atoms with Gasteiger partial charge < -0.3 is 5.73 Å². The van der Waals surface area contributed by atoms with Crippen LogP contribution in [0.5, 0.6) is 0 Å². The fourth-order valence-electron chi connectivity index (χ4n) is 2.69. The number of aryl methyl sites for hydroxylation is 1. The highest BCUT2D eigenvalue weighted by molar-refractivity contribution is 5.25. The van der Waals surface area contributed by atoms with Crippen LogP contribution in [0.2, 0.25) is 0 Å². The van der Waals surface area contributed by atoms with Crippen molar-refractivity contribution >= 4 is 0 Å². The number of benzene rings is 1. The second-order valence-electron chi connectivity index (χ2n) is 5.76. The Morgan fingerprint density at radius 1 is 1.00 bits per heavy atom. The Morgan fingerprint density at radius 2 is 1.68 bits per heavy atom. The lowest BCUT2D eigenvalue weighted by molar-refractivity contribution is 0.536. The van der Waals surface area contributed by atoms with E-state index in [9.17, 15) is 0 Å². The van der Waals surface area contributed by atoms with E-state index >= 15 is 0 Å². The number of nitrogens with two attached hydrogens (primary N) is 1. The first kappa shape index (κ1) is 16.2. The number of rotatable bonds is 10. The average Bonchev–Trinajstić information content (AvgIpc) is 2.42. The third-order valence-corrected chi connectivity index (χ3v) is 3.95. The zero-order chi connectivity index (χ0) is 13.9. The highest BCUT2D eigenvalue weighted by Gasteiger charge is 2.09. The summed E-state index contributed by atoms with van der Waals surface area (Å²) in [6.45, 7) is 5.21. The van der Waals surface area contributed by atoms with E-state index in [2.05, 4.69) is 38.1 Å². The standard InChI is InChI=1S/C18H31N/c1-3-4-5-6-7-8-9-12-18(15-19)17-13-10-11-16(2)14-17/h10-11,13-14,18H,3-9,12,15,19H2,1-2H3. The molecule has 19 heavy (non-hydrogen) atoms. The molecule has 1 nitrogen and oxygen atoms in total. The van der Waals surface area contributed by atoms with E-state index in [-0.39, 0.29) is 0 Å². The SMILES string of the molecule is CCCCCCCCCC(CN)c1cccc(C)c1. The van der Waals surface area contributed by atoms with E-state index in [0.29, 0.717) is 5.92 Å². The normalized spacial score (nSPS) is 12.6. The monoisotopic (exact) mass is 261 g/mol. The van der Waals surface area contributed by atoms with Crippen LogP contribution in [-0.2, 0) is 0 Å². The van der Waals surface area contributed by atoms with Crippen LogP contribution in [0.25, 0.3) is 0 Å². The third kappa shape index (κ3) is 6.77. The lowest BCUT2D eigenvalue weighted by Gasteiger charge is -2.15. The molecular formula is C18H31N. The molecule has 2 N–H and O–H groups in total. The largest absolute Gasteiger partial charge is 0.330 e. The summed E-state index contributed by atoms with van der Waals surface area (Å²) in [5.41, 5.74) is 8.70. The van der Waals surface area contributed by atoms with Gasteiger partial charge in [0, 0.05) is 0 Å². The van der Waals surface area contributed by atoms with Crippen molar-refractivity contribution in [2.45, 2.75) is 71.1 Å². The van der Waals surface area contributed by atoms with Crippen molar-refractivity contribution in [2.24, 2.45) is 5.73 Å². The molecule has 1 rings (SSSR count). The number of hydrogen-bond acceptors (Lipinski definition) is 1. The minimum atomic E-state index is 0.551. The molecule has 0 amide bonds. The molecule has 0 aliphatic rings. The Bertz CT molecular complexity index is 332. The van der Waals surface area contributed by atoms with Crippen LogP contribution in [-0.4, -0.2) is 6.54 Å². The van der Waals surface area contributed by atoms with E-state index in [1.807, 2.05) is 0 Å². The van der Waals surface area contributed by atoms with Gasteiger partial charge in [0.25, 0.3) is 0 Å². The van der Waals surface area contributed by atoms with Crippen LogP contribution in [0, 0.1) is 6.92 Å². The lowest BCUT2D eigenvalue weighted by Crippen LogP contribution is -2.12. The molecule has 1 aromatic carbocycles. The molecule has 1 heteroatoms. The van der Waals surface area contributed by atoms with Gasteiger partial charge in [-0.2, -0.15) is 0 Å². The van der Waals surface area contributed by atoms with Gasteiger partial charge in [0.05, 0.1) is 0 Å². The lowest BCUT2D eigenvalue weighted by atomic mass is 9.92. The fourth-order valence-corrected chi connectivity index (χ4v) is 2.69. The van der Waals surface area contributed by atoms with Crippen LogP contribution in [0.3, 0.4) is 0 Å². The van der Waals surface area contributed by atoms with Gasteiger partial charge in [-0.15, -0.1) is 0 Å². The van der Waals surface area contributed by atoms with Crippen LogP contribution < -0.4 is 5.73 Å². The van der Waals surface area contributed by atoms with Crippen molar-refractivity contribution in [3.63, 3.8) is 0 Å². The fraction of sp³-hybridized carbons (Fsp3) is 0.667. The first-order valence-electron chi connectivity index (χ1n) is 8.04. The van der Waals surface area contributed by atoms with Gasteiger partial charge in [-0.25, -0.2) is 0 Å². The maximum Gasteiger partial charge on any atom is -0.000824 e. The van der Waals surface area contributed by atoms with Crippen molar-refractivity contribution < 1.29 is 0 Å². The van der Waals surface area contributed by atoms with Crippen molar-refractivity contribution in [1.29, 1.82) is 0 Å². The zero-order valence-electron chi connectivity index (χ0n) is 12.8. The van der Waals surface area contributed by atoms with Crippen molar-refractivity contribution in [3.05, 3.63) is 35.4 Å². The highest BCUT2D eigenvalue weighted by Crippen LogP contribution is 2.22. The van der Waals surface area contributed by atoms with Gasteiger partial charge in [-0.05, 0) is 31.4 Å². The molecule has 0 heterocycles. The molecule has 0 saturated carbocycles. The van der Waals surface area contributed by atoms with Crippen LogP contribution in [0.1, 0.15) is 75.3 Å². The molecule has 1 atom stereocenters. The Hall–Kier alpha value is -0.820. The Balaban J connectivity index is 2.22. The summed E-state index contributed by atoms with van der Waals surface area (Å²) in [4.78, 5) is 0. The Morgan fingerprint density at radius 3 is 2.32 bits per heavy atom. The van der Waals surface area contributed by atoms with Gasteiger partial charge in [0.2, 0.25) is 0 Å². The topological polar surface area (TPSA) is 26.0 Å². The van der Waals surface area contributed by atoms with E-state index in [1.165, 1.54) is 62.5 Å². The minimum Gasteiger partial charge on any atom is -0.330 e. The maximum atomic E-state index is 5.94. The zero-order valence-corrected chi connectivity index (χ0v) is 12.8. The molecule has 108 valence electrons. The quantitative estimate of drug-likeness (QED) is 0.577. The second-order valence-corrected chi connectivity index (χ2v) is 5.76. The predicted octanol–water partition coefficient (Wildman–Crippen LogP) is 5.18. The molecule has 0 bridgehead atoms. The summed E-state index contributed by atoms with van der Waals surface area (Å²) in [6.07, 6.45) is 10.9. The Labute approximate surface area is 119 Å². The van der Waals surface area contributed by atoms with Gasteiger partial charge in [-0.3, -0.25) is 0 Å². The summed E-state index contributed by atoms with van der Waals surface area (Å²) in [5, 5.41) is 0. The molecule has 0 aromatic heterocycles. The summed E-state index contributed by atoms with van der Waals surface area (Å²) in [5.74, 6) is 0.551. The van der Waals surface area contributed by atoms with Gasteiger partial charge in [0.1, 0.15) is 0 Å². The highest BCUT2D eigenvalue weighted by atomic mass is 14.5. The van der Waals surface area contributed by atoms with E-state index < -0.39 is 0 Å². The summed E-state index contributed by atoms with van der Waals surface area (Å²) < 4.78 is 0. The number of unbranched alkanes of at least 4 members (excludes halogenated alkanes) is 6. The molecule has 1 unspecified atom stereocenters. The molecule has 1 aromatic rings.